The molecular formula is C21H32O2. The number of ether oxygens (including phenoxy) is 1. The zero-order valence-electron chi connectivity index (χ0n) is 15.2. The molecule has 1 aromatic rings. The Balaban J connectivity index is 1.89. The molecule has 3 rings (SSSR count). The van der Waals surface area contributed by atoms with Crippen molar-refractivity contribution in [3.63, 3.8) is 0 Å². The summed E-state index contributed by atoms with van der Waals surface area (Å²) in [5.41, 5.74) is 2.25. The van der Waals surface area contributed by atoms with Crippen LogP contribution in [-0.2, 0) is 12.8 Å². The normalized spacial score (nSPS) is 28.6. The van der Waals surface area contributed by atoms with Gasteiger partial charge in [-0.05, 0) is 49.3 Å². The molecule has 128 valence electrons. The van der Waals surface area contributed by atoms with Crippen LogP contribution in [0.25, 0.3) is 0 Å². The first-order valence-electron chi connectivity index (χ1n) is 9.43. The Labute approximate surface area is 141 Å². The van der Waals surface area contributed by atoms with E-state index in [1.807, 2.05) is 6.07 Å². The first kappa shape index (κ1) is 16.7. The number of benzene rings is 1. The van der Waals surface area contributed by atoms with Gasteiger partial charge in [-0.15, -0.1) is 0 Å². The minimum atomic E-state index is -0.146. The Bertz CT molecular complexity index is 575. The van der Waals surface area contributed by atoms with Crippen LogP contribution in [0.4, 0.5) is 0 Å². The van der Waals surface area contributed by atoms with E-state index in [2.05, 4.69) is 33.8 Å². The number of fused-ring (bicyclic) bond motifs is 1. The molecule has 1 spiro atoms. The molecule has 1 aliphatic carbocycles. The lowest BCUT2D eigenvalue weighted by molar-refractivity contribution is -0.0966. The molecule has 2 heteroatoms. The molecular weight excluding hydrogens is 284 g/mol. The Morgan fingerprint density at radius 2 is 2.04 bits per heavy atom. The second-order valence-corrected chi connectivity index (χ2v) is 8.39. The Morgan fingerprint density at radius 3 is 2.74 bits per heavy atom. The fourth-order valence-electron chi connectivity index (χ4n) is 4.79. The summed E-state index contributed by atoms with van der Waals surface area (Å²) in [5.74, 6) is 1.92. The van der Waals surface area contributed by atoms with Crippen LogP contribution in [0.15, 0.2) is 12.1 Å². The van der Waals surface area contributed by atoms with E-state index < -0.39 is 0 Å². The van der Waals surface area contributed by atoms with Crippen molar-refractivity contribution in [1.29, 1.82) is 0 Å². The van der Waals surface area contributed by atoms with Crippen LogP contribution < -0.4 is 4.74 Å². The molecule has 1 N–H and O–H groups in total. The third kappa shape index (κ3) is 2.75. The quantitative estimate of drug-likeness (QED) is 0.728. The van der Waals surface area contributed by atoms with E-state index in [4.69, 9.17) is 4.74 Å². The van der Waals surface area contributed by atoms with Gasteiger partial charge in [0.2, 0.25) is 0 Å². The number of hydrogen-bond donors (Lipinski definition) is 1. The summed E-state index contributed by atoms with van der Waals surface area (Å²) in [6, 6.07) is 4.16. The maximum Gasteiger partial charge on any atom is 0.127 e. The summed E-state index contributed by atoms with van der Waals surface area (Å²) in [7, 11) is 0. The minimum Gasteiger partial charge on any atom is -0.508 e. The zero-order chi connectivity index (χ0) is 16.7. The fraction of sp³-hybridized carbons (Fsp3) is 0.714. The van der Waals surface area contributed by atoms with Crippen LogP contribution in [-0.4, -0.2) is 10.7 Å². The van der Waals surface area contributed by atoms with Crippen LogP contribution in [0.2, 0.25) is 0 Å². The fourth-order valence-corrected chi connectivity index (χ4v) is 4.79. The predicted octanol–water partition coefficient (Wildman–Crippen LogP) is 5.64. The second kappa shape index (κ2) is 6.03. The van der Waals surface area contributed by atoms with E-state index >= 15 is 0 Å². The lowest BCUT2D eigenvalue weighted by Crippen LogP contribution is -2.56. The Kier molecular flexibility index (Phi) is 4.37. The largest absolute Gasteiger partial charge is 0.508 e. The van der Waals surface area contributed by atoms with E-state index in [0.29, 0.717) is 11.7 Å². The smallest absolute Gasteiger partial charge is 0.127 e. The van der Waals surface area contributed by atoms with Crippen LogP contribution >= 0.6 is 0 Å². The van der Waals surface area contributed by atoms with Gasteiger partial charge in [-0.2, -0.15) is 0 Å². The van der Waals surface area contributed by atoms with E-state index in [1.165, 1.54) is 44.1 Å². The van der Waals surface area contributed by atoms with Crippen molar-refractivity contribution in [3.8, 4) is 11.5 Å². The molecule has 2 nitrogen and oxygen atoms in total. The SMILES string of the molecule is CCCCCc1cc(O)c2c(c1)O[C@]1(C2)[C@H](C)CCCC1(C)C. The van der Waals surface area contributed by atoms with Gasteiger partial charge in [-0.25, -0.2) is 0 Å². The average molecular weight is 316 g/mol. The molecule has 0 aromatic heterocycles. The maximum atomic E-state index is 10.6. The Morgan fingerprint density at radius 1 is 1.26 bits per heavy atom. The van der Waals surface area contributed by atoms with E-state index in [-0.39, 0.29) is 11.0 Å². The van der Waals surface area contributed by atoms with Crippen LogP contribution in [0.3, 0.4) is 0 Å². The van der Waals surface area contributed by atoms with Crippen molar-refractivity contribution in [1.82, 2.24) is 0 Å². The third-order valence-electron chi connectivity index (χ3n) is 6.43. The van der Waals surface area contributed by atoms with Crippen molar-refractivity contribution in [2.24, 2.45) is 11.3 Å². The highest BCUT2D eigenvalue weighted by atomic mass is 16.5. The molecule has 0 saturated heterocycles. The summed E-state index contributed by atoms with van der Waals surface area (Å²) < 4.78 is 6.63. The van der Waals surface area contributed by atoms with Gasteiger partial charge in [-0.1, -0.05) is 47.0 Å². The number of unbranched alkanes of at least 4 members (excludes halogenated alkanes) is 2. The number of hydrogen-bond acceptors (Lipinski definition) is 2. The highest BCUT2D eigenvalue weighted by molar-refractivity contribution is 5.52. The van der Waals surface area contributed by atoms with Gasteiger partial charge in [0.1, 0.15) is 17.1 Å². The van der Waals surface area contributed by atoms with Crippen LogP contribution in [0.1, 0.15) is 77.3 Å². The van der Waals surface area contributed by atoms with Gasteiger partial charge < -0.3 is 9.84 Å². The molecule has 1 aromatic carbocycles. The number of phenolic OH excluding ortho intramolecular Hbond substituents is 1. The summed E-state index contributed by atoms with van der Waals surface area (Å²) in [4.78, 5) is 0. The standard InChI is InChI=1S/C21H32O2/c1-5-6-7-10-16-12-18(22)17-14-21(23-19(17)13-16)15(2)9-8-11-20(21,3)4/h12-13,15,22H,5-11,14H2,1-4H3/t15-,21-/m1/s1. The summed E-state index contributed by atoms with van der Waals surface area (Å²) >= 11 is 0. The van der Waals surface area contributed by atoms with Crippen molar-refractivity contribution in [3.05, 3.63) is 23.3 Å². The number of aromatic hydroxyl groups is 1. The third-order valence-corrected chi connectivity index (χ3v) is 6.43. The van der Waals surface area contributed by atoms with Gasteiger partial charge in [-0.3, -0.25) is 0 Å². The maximum absolute atomic E-state index is 10.6. The molecule has 0 bridgehead atoms. The molecule has 2 atom stereocenters. The monoisotopic (exact) mass is 316 g/mol. The number of aryl methyl sites for hydroxylation is 1. The highest BCUT2D eigenvalue weighted by Gasteiger charge is 2.56. The van der Waals surface area contributed by atoms with Crippen molar-refractivity contribution in [2.45, 2.75) is 84.7 Å². The summed E-state index contributed by atoms with van der Waals surface area (Å²) in [6.45, 7) is 9.23. The lowest BCUT2D eigenvalue weighted by atomic mass is 9.59. The molecule has 1 heterocycles. The van der Waals surface area contributed by atoms with Crippen LogP contribution in [0, 0.1) is 11.3 Å². The summed E-state index contributed by atoms with van der Waals surface area (Å²) in [6.07, 6.45) is 9.25. The van der Waals surface area contributed by atoms with Crippen molar-refractivity contribution >= 4 is 0 Å². The molecule has 0 amide bonds. The second-order valence-electron chi connectivity index (χ2n) is 8.39. The van der Waals surface area contributed by atoms with Gasteiger partial charge in [0.15, 0.2) is 0 Å². The van der Waals surface area contributed by atoms with Gasteiger partial charge in [0.05, 0.1) is 0 Å². The van der Waals surface area contributed by atoms with Gasteiger partial charge in [0, 0.05) is 17.4 Å². The molecule has 23 heavy (non-hydrogen) atoms. The molecule has 2 aliphatic rings. The first-order valence-corrected chi connectivity index (χ1v) is 9.43. The Hall–Kier alpha value is -1.18. The number of phenols is 1. The van der Waals surface area contributed by atoms with Crippen molar-refractivity contribution in [2.75, 3.05) is 0 Å². The lowest BCUT2D eigenvalue weighted by Gasteiger charge is -2.51. The predicted molar refractivity (Wildman–Crippen MR) is 95.2 cm³/mol. The van der Waals surface area contributed by atoms with E-state index in [0.717, 1.165) is 24.2 Å². The van der Waals surface area contributed by atoms with Gasteiger partial charge >= 0.3 is 0 Å². The molecule has 0 unspecified atom stereocenters. The van der Waals surface area contributed by atoms with Crippen LogP contribution in [0.5, 0.6) is 11.5 Å². The van der Waals surface area contributed by atoms with E-state index in [9.17, 15) is 5.11 Å². The summed E-state index contributed by atoms with van der Waals surface area (Å²) in [5, 5.41) is 10.6. The highest BCUT2D eigenvalue weighted by Crippen LogP contribution is 2.56. The van der Waals surface area contributed by atoms with Gasteiger partial charge in [0.25, 0.3) is 0 Å². The molecule has 1 saturated carbocycles. The molecule has 0 radical (unpaired) electrons. The van der Waals surface area contributed by atoms with Crippen molar-refractivity contribution < 1.29 is 9.84 Å². The van der Waals surface area contributed by atoms with E-state index in [1.54, 1.807) is 0 Å². The molecule has 1 aliphatic heterocycles. The molecule has 1 fully saturated rings. The topological polar surface area (TPSA) is 29.5 Å². The zero-order valence-corrected chi connectivity index (χ0v) is 15.2. The average Bonchev–Trinajstić information content (AvgIpc) is 2.88. The number of rotatable bonds is 4. The minimum absolute atomic E-state index is 0.146. The first-order chi connectivity index (χ1) is 10.9.